The van der Waals surface area contributed by atoms with E-state index in [0.29, 0.717) is 11.8 Å². The first-order valence-corrected chi connectivity index (χ1v) is 7.05. The molecule has 0 amide bonds. The van der Waals surface area contributed by atoms with E-state index in [4.69, 9.17) is 4.74 Å². The quantitative estimate of drug-likeness (QED) is 0.761. The maximum Gasteiger partial charge on any atom is 0.115 e. The number of unbranched alkanes of at least 4 members (excludes halogenated alkanes) is 1. The van der Waals surface area contributed by atoms with Gasteiger partial charge in [-0.3, -0.25) is 0 Å². The Morgan fingerprint density at radius 2 is 2.24 bits per heavy atom. The van der Waals surface area contributed by atoms with Gasteiger partial charge in [-0.05, 0) is 37.5 Å². The van der Waals surface area contributed by atoms with Gasteiger partial charge >= 0.3 is 0 Å². The highest BCUT2D eigenvalue weighted by Crippen LogP contribution is 2.50. The first-order chi connectivity index (χ1) is 8.08. The van der Waals surface area contributed by atoms with Crippen LogP contribution in [0.4, 0.5) is 0 Å². The van der Waals surface area contributed by atoms with Crippen LogP contribution in [0.25, 0.3) is 0 Å². The van der Waals surface area contributed by atoms with Crippen molar-refractivity contribution in [2.45, 2.75) is 63.6 Å². The second-order valence-electron chi connectivity index (χ2n) is 5.92. The van der Waals surface area contributed by atoms with Crippen LogP contribution in [0.5, 0.6) is 0 Å². The molecule has 4 atom stereocenters. The molecule has 2 nitrogen and oxygen atoms in total. The van der Waals surface area contributed by atoms with Gasteiger partial charge in [0, 0.05) is 7.11 Å². The lowest BCUT2D eigenvalue weighted by molar-refractivity contribution is -0.171. The molecule has 3 aliphatic rings. The normalized spacial score (nSPS) is 44.9. The van der Waals surface area contributed by atoms with Gasteiger partial charge in [0.2, 0.25) is 0 Å². The van der Waals surface area contributed by atoms with Crippen LogP contribution in [0, 0.1) is 11.8 Å². The third-order valence-corrected chi connectivity index (χ3v) is 5.00. The summed E-state index contributed by atoms with van der Waals surface area (Å²) in [4.78, 5) is 0. The summed E-state index contributed by atoms with van der Waals surface area (Å²) in [7, 11) is 1.75. The second kappa shape index (κ2) is 4.74. The minimum atomic E-state index is -0.681. The minimum Gasteiger partial charge on any atom is -0.386 e. The number of allylic oxidation sites excluding steroid dienone is 1. The van der Waals surface area contributed by atoms with E-state index >= 15 is 0 Å². The second-order valence-corrected chi connectivity index (χ2v) is 5.92. The zero-order chi connectivity index (χ0) is 12.5. The number of fused-ring (bicyclic) bond motifs is 3. The molecule has 1 N–H and O–H groups in total. The van der Waals surface area contributed by atoms with Gasteiger partial charge in [0.25, 0.3) is 0 Å². The van der Waals surface area contributed by atoms with Crippen molar-refractivity contribution in [2.24, 2.45) is 11.8 Å². The first kappa shape index (κ1) is 13.1. The largest absolute Gasteiger partial charge is 0.386 e. The van der Waals surface area contributed by atoms with Crippen LogP contribution in [-0.2, 0) is 4.74 Å². The van der Waals surface area contributed by atoms with E-state index in [2.05, 4.69) is 26.0 Å². The summed E-state index contributed by atoms with van der Waals surface area (Å²) < 4.78 is 5.79. The van der Waals surface area contributed by atoms with Crippen LogP contribution in [0.1, 0.15) is 52.4 Å². The van der Waals surface area contributed by atoms with Crippen LogP contribution in [0.3, 0.4) is 0 Å². The lowest BCUT2D eigenvalue weighted by atomic mass is 9.70. The van der Waals surface area contributed by atoms with Crippen molar-refractivity contribution in [3.63, 3.8) is 0 Å². The lowest BCUT2D eigenvalue weighted by Gasteiger charge is -2.47. The molecular formula is C15H26O2. The maximum atomic E-state index is 11.2. The standard InChI is InChI=1S/C15H26O2/c1-4-5-8-15(16)12(2)11-13-6-9-14(15,17-3)10-7-13/h6,9,12-13,16H,4-5,7-8,10-11H2,1-3H3/t12-,13?,14?,15+/m1/s1. The number of rotatable bonds is 4. The molecule has 0 radical (unpaired) electrons. The fourth-order valence-electron chi connectivity index (χ4n) is 3.75. The molecule has 0 saturated heterocycles. The highest BCUT2D eigenvalue weighted by Gasteiger charge is 2.55. The van der Waals surface area contributed by atoms with Gasteiger partial charge in [-0.25, -0.2) is 0 Å². The summed E-state index contributed by atoms with van der Waals surface area (Å²) in [5, 5.41) is 11.2. The van der Waals surface area contributed by atoms with E-state index in [1.54, 1.807) is 7.11 Å². The Balaban J connectivity index is 2.34. The lowest BCUT2D eigenvalue weighted by Crippen LogP contribution is -2.57. The zero-order valence-electron chi connectivity index (χ0n) is 11.4. The average molecular weight is 238 g/mol. The van der Waals surface area contributed by atoms with Crippen molar-refractivity contribution in [2.75, 3.05) is 7.11 Å². The monoisotopic (exact) mass is 238 g/mol. The Morgan fingerprint density at radius 3 is 2.76 bits per heavy atom. The third-order valence-electron chi connectivity index (χ3n) is 5.00. The number of methoxy groups -OCH3 is 1. The number of hydrogen-bond acceptors (Lipinski definition) is 2. The molecule has 0 aromatic rings. The summed E-state index contributed by atoms with van der Waals surface area (Å²) >= 11 is 0. The van der Waals surface area contributed by atoms with Crippen molar-refractivity contribution in [1.29, 1.82) is 0 Å². The summed E-state index contributed by atoms with van der Waals surface area (Å²) in [5.41, 5.74) is -1.12. The van der Waals surface area contributed by atoms with E-state index in [9.17, 15) is 5.11 Å². The Morgan fingerprint density at radius 1 is 1.47 bits per heavy atom. The smallest absolute Gasteiger partial charge is 0.115 e. The molecule has 2 heteroatoms. The molecule has 3 aliphatic carbocycles. The molecule has 2 bridgehead atoms. The van der Waals surface area contributed by atoms with Crippen molar-refractivity contribution < 1.29 is 9.84 Å². The zero-order valence-corrected chi connectivity index (χ0v) is 11.4. The van der Waals surface area contributed by atoms with Gasteiger partial charge in [-0.2, -0.15) is 0 Å². The van der Waals surface area contributed by atoms with Gasteiger partial charge < -0.3 is 9.84 Å². The van der Waals surface area contributed by atoms with Crippen LogP contribution < -0.4 is 0 Å². The third kappa shape index (κ3) is 1.96. The summed E-state index contributed by atoms with van der Waals surface area (Å²) in [6, 6.07) is 0. The molecule has 3 rings (SSSR count). The summed E-state index contributed by atoms with van der Waals surface area (Å²) in [5.74, 6) is 0.959. The van der Waals surface area contributed by atoms with Crippen LogP contribution in [0.2, 0.25) is 0 Å². The van der Waals surface area contributed by atoms with E-state index in [0.717, 1.165) is 38.5 Å². The van der Waals surface area contributed by atoms with Crippen molar-refractivity contribution >= 4 is 0 Å². The number of hydrogen-bond donors (Lipinski definition) is 1. The van der Waals surface area contributed by atoms with Crippen molar-refractivity contribution in [3.05, 3.63) is 12.2 Å². The van der Waals surface area contributed by atoms with Crippen LogP contribution in [-0.4, -0.2) is 23.4 Å². The van der Waals surface area contributed by atoms with E-state index in [-0.39, 0.29) is 0 Å². The molecule has 1 saturated carbocycles. The topological polar surface area (TPSA) is 29.5 Å². The average Bonchev–Trinajstić information content (AvgIpc) is 2.52. The molecule has 0 aromatic heterocycles. The molecule has 17 heavy (non-hydrogen) atoms. The molecule has 0 spiro atoms. The SMILES string of the molecule is CCCC[C@]1(O)[C@H](C)CC2C=CC1(OC)CC2. The van der Waals surface area contributed by atoms with Gasteiger partial charge in [0.05, 0.1) is 5.60 Å². The van der Waals surface area contributed by atoms with Gasteiger partial charge in [-0.15, -0.1) is 0 Å². The van der Waals surface area contributed by atoms with Crippen LogP contribution in [0.15, 0.2) is 12.2 Å². The highest BCUT2D eigenvalue weighted by molar-refractivity contribution is 5.22. The molecule has 0 heterocycles. The number of aliphatic hydroxyl groups is 1. The summed E-state index contributed by atoms with van der Waals surface area (Å²) in [6.45, 7) is 4.37. The van der Waals surface area contributed by atoms with E-state index in [1.165, 1.54) is 0 Å². The highest BCUT2D eigenvalue weighted by atomic mass is 16.5. The van der Waals surface area contributed by atoms with E-state index < -0.39 is 11.2 Å². The fourth-order valence-corrected chi connectivity index (χ4v) is 3.75. The minimum absolute atomic E-state index is 0.316. The van der Waals surface area contributed by atoms with Crippen LogP contribution >= 0.6 is 0 Å². The molecule has 1 fully saturated rings. The molecular weight excluding hydrogens is 212 g/mol. The summed E-state index contributed by atoms with van der Waals surface area (Å²) in [6.07, 6.45) is 10.7. The molecule has 0 aromatic carbocycles. The molecule has 0 aliphatic heterocycles. The predicted molar refractivity (Wildman–Crippen MR) is 69.9 cm³/mol. The number of ether oxygens (including phenoxy) is 1. The van der Waals surface area contributed by atoms with E-state index in [1.807, 2.05) is 0 Å². The Bertz CT molecular complexity index is 299. The first-order valence-electron chi connectivity index (χ1n) is 7.05. The maximum absolute atomic E-state index is 11.2. The van der Waals surface area contributed by atoms with Crippen molar-refractivity contribution in [1.82, 2.24) is 0 Å². The van der Waals surface area contributed by atoms with Crippen molar-refractivity contribution in [3.8, 4) is 0 Å². The Kier molecular flexibility index (Phi) is 3.65. The fraction of sp³-hybridized carbons (Fsp3) is 0.867. The van der Waals surface area contributed by atoms with Gasteiger partial charge in [-0.1, -0.05) is 38.8 Å². The molecule has 98 valence electrons. The molecule has 2 unspecified atom stereocenters. The Labute approximate surface area is 105 Å². The Hall–Kier alpha value is -0.340. The van der Waals surface area contributed by atoms with Gasteiger partial charge in [0.1, 0.15) is 5.60 Å². The predicted octanol–water partition coefficient (Wildman–Crippen LogP) is 3.30. The van der Waals surface area contributed by atoms with Gasteiger partial charge in [0.15, 0.2) is 0 Å².